The lowest BCUT2D eigenvalue weighted by Gasteiger charge is -2.18. The van der Waals surface area contributed by atoms with Gasteiger partial charge in [-0.25, -0.2) is 4.39 Å². The molecule has 56 heavy (non-hydrogen) atoms. The summed E-state index contributed by atoms with van der Waals surface area (Å²) >= 11 is 0. The third-order valence-electron chi connectivity index (χ3n) is 7.71. The second-order valence-electron chi connectivity index (χ2n) is 17.3. The van der Waals surface area contributed by atoms with Gasteiger partial charge in [0.2, 0.25) is 11.8 Å². The molecule has 5 nitrogen and oxygen atoms in total. The van der Waals surface area contributed by atoms with Crippen molar-refractivity contribution in [2.75, 3.05) is 19.8 Å². The molecule has 4 aromatic carbocycles. The van der Waals surface area contributed by atoms with Gasteiger partial charge in [-0.1, -0.05) is 124 Å². The Morgan fingerprint density at radius 3 is 1.52 bits per heavy atom. The van der Waals surface area contributed by atoms with Crippen LogP contribution in [0.15, 0.2) is 115 Å². The van der Waals surface area contributed by atoms with Crippen LogP contribution in [0.2, 0.25) is 0 Å². The summed E-state index contributed by atoms with van der Waals surface area (Å²) in [7, 11) is 0. The highest BCUT2D eigenvalue weighted by Gasteiger charge is 2.13. The molecule has 0 N–H and O–H groups in total. The molecule has 0 amide bonds. The molecule has 0 saturated carbocycles. The van der Waals surface area contributed by atoms with Gasteiger partial charge in [-0.3, -0.25) is 0 Å². The number of aromatic nitrogens is 1. The summed E-state index contributed by atoms with van der Waals surface area (Å²) in [6, 6.07) is 35.8. The first kappa shape index (κ1) is 45.5. The molecule has 1 aromatic heterocycles. The van der Waals surface area contributed by atoms with Crippen LogP contribution in [0.3, 0.4) is 0 Å². The fourth-order valence-corrected chi connectivity index (χ4v) is 5.64. The lowest BCUT2D eigenvalue weighted by Crippen LogP contribution is -2.10. The van der Waals surface area contributed by atoms with Crippen molar-refractivity contribution in [3.63, 3.8) is 0 Å². The van der Waals surface area contributed by atoms with E-state index in [1.165, 1.54) is 11.1 Å². The number of pyridine rings is 1. The second-order valence-corrected chi connectivity index (χ2v) is 17.3. The summed E-state index contributed by atoms with van der Waals surface area (Å²) in [5.41, 5.74) is 4.40. The molecule has 0 saturated heterocycles. The van der Waals surface area contributed by atoms with Crippen LogP contribution >= 0.6 is 0 Å². The smallest absolute Gasteiger partial charge is 0.224 e. The van der Waals surface area contributed by atoms with E-state index in [2.05, 4.69) is 111 Å². The molecule has 0 spiro atoms. The molecule has 0 unspecified atom stereocenters. The van der Waals surface area contributed by atoms with E-state index >= 15 is 0 Å². The zero-order valence-electron chi connectivity index (χ0n) is 35.2. The molecule has 0 atom stereocenters. The number of rotatable bonds is 14. The molecule has 0 fully saturated rings. The lowest BCUT2D eigenvalue weighted by molar-refractivity contribution is 0.217. The van der Waals surface area contributed by atoms with Crippen LogP contribution in [0.5, 0.6) is 28.9 Å². The highest BCUT2D eigenvalue weighted by molar-refractivity contribution is 5.32. The van der Waals surface area contributed by atoms with Gasteiger partial charge in [-0.2, -0.15) is 9.37 Å². The van der Waals surface area contributed by atoms with Gasteiger partial charge in [0, 0.05) is 12.1 Å². The van der Waals surface area contributed by atoms with Crippen LogP contribution in [-0.2, 0) is 19.3 Å². The van der Waals surface area contributed by atoms with E-state index in [1.807, 2.05) is 60.7 Å². The largest absolute Gasteiger partial charge is 0.493 e. The molecular formula is C49H63F2NO4. The zero-order valence-corrected chi connectivity index (χ0v) is 35.2. The van der Waals surface area contributed by atoms with E-state index in [-0.39, 0.29) is 11.3 Å². The summed E-state index contributed by atoms with van der Waals surface area (Å²) in [5.74, 6) is 2.72. The normalized spacial score (nSPS) is 11.2. The van der Waals surface area contributed by atoms with Crippen LogP contribution in [0.4, 0.5) is 8.78 Å². The minimum Gasteiger partial charge on any atom is -0.493 e. The quantitative estimate of drug-likeness (QED) is 0.0832. The Hall–Kier alpha value is -4.91. The van der Waals surface area contributed by atoms with Gasteiger partial charge in [0.1, 0.15) is 42.0 Å². The molecule has 0 aliphatic rings. The minimum atomic E-state index is -0.895. The zero-order chi connectivity index (χ0) is 41.1. The van der Waals surface area contributed by atoms with Crippen molar-refractivity contribution in [3.05, 3.63) is 144 Å². The van der Waals surface area contributed by atoms with Gasteiger partial charge in [-0.15, -0.1) is 0 Å². The number of hydrogen-bond donors (Lipinski definition) is 0. The lowest BCUT2D eigenvalue weighted by atomic mass is 9.88. The van der Waals surface area contributed by atoms with Crippen LogP contribution in [0, 0.1) is 34.4 Å². The molecule has 0 aliphatic heterocycles. The van der Waals surface area contributed by atoms with E-state index in [0.29, 0.717) is 42.3 Å². The Labute approximate surface area is 335 Å². The van der Waals surface area contributed by atoms with Crippen molar-refractivity contribution >= 4 is 0 Å². The van der Waals surface area contributed by atoms with Crippen LogP contribution < -0.4 is 18.9 Å². The summed E-state index contributed by atoms with van der Waals surface area (Å²) < 4.78 is 48.4. The highest BCUT2D eigenvalue weighted by Crippen LogP contribution is 2.25. The van der Waals surface area contributed by atoms with Crippen molar-refractivity contribution in [2.45, 2.75) is 88.5 Å². The number of benzene rings is 4. The number of halogens is 2. The van der Waals surface area contributed by atoms with Gasteiger partial charge < -0.3 is 18.9 Å². The molecule has 5 rings (SSSR count). The number of nitrogens with zero attached hydrogens (tertiary/aromatic N) is 1. The number of para-hydroxylation sites is 1. The Bertz CT molecular complexity index is 1840. The first-order chi connectivity index (χ1) is 26.4. The Kier molecular flexibility index (Phi) is 18.4. The van der Waals surface area contributed by atoms with E-state index in [1.54, 1.807) is 6.07 Å². The van der Waals surface area contributed by atoms with Crippen LogP contribution in [0.1, 0.15) is 85.9 Å². The fourth-order valence-electron chi connectivity index (χ4n) is 5.64. The summed E-state index contributed by atoms with van der Waals surface area (Å²) in [6.45, 7) is 24.0. The maximum Gasteiger partial charge on any atom is 0.224 e. The fraction of sp³-hybridized carbons (Fsp3) is 0.408. The SMILES string of the molecule is CC(C)(C)Cc1cccc(OCCOc2ccccc2)c1.CC(C)COc1cccc(CC(C)(C)C)c1.CC(C)Cc1cccc(Oc2cc(F)cc(F)n2)c1. The second kappa shape index (κ2) is 22.6. The average molecular weight is 768 g/mol. The molecule has 0 bridgehead atoms. The average Bonchev–Trinajstić information content (AvgIpc) is 3.09. The standard InChI is InChI=1S/C19H24O2.C15H15F2NO.C15H24O/c1-19(2,3)15-16-8-7-11-18(14-16)21-13-12-20-17-9-5-4-6-10-17;1-10(2)6-11-4-3-5-13(7-11)19-15-9-12(16)8-14(17)18-15;1-12(2)11-16-14-8-6-7-13(9-14)10-15(3,4)5/h4-11,14H,12-13,15H2,1-3H3;3-5,7-10H,6H2,1-2H3;6-9,12H,10-11H2,1-5H3. The van der Waals surface area contributed by atoms with Crippen molar-refractivity contribution in [1.29, 1.82) is 0 Å². The predicted octanol–water partition coefficient (Wildman–Crippen LogP) is 13.4. The third-order valence-corrected chi connectivity index (χ3v) is 7.71. The van der Waals surface area contributed by atoms with Gasteiger partial charge >= 0.3 is 0 Å². The Morgan fingerprint density at radius 2 is 1.00 bits per heavy atom. The van der Waals surface area contributed by atoms with Crippen LogP contribution in [0.25, 0.3) is 0 Å². The van der Waals surface area contributed by atoms with E-state index in [4.69, 9.17) is 18.9 Å². The van der Waals surface area contributed by atoms with Crippen molar-refractivity contribution in [3.8, 4) is 28.9 Å². The van der Waals surface area contributed by atoms with Crippen molar-refractivity contribution < 1.29 is 27.7 Å². The van der Waals surface area contributed by atoms with E-state index < -0.39 is 11.8 Å². The number of hydrogen-bond acceptors (Lipinski definition) is 5. The molecular weight excluding hydrogens is 705 g/mol. The molecule has 7 heteroatoms. The van der Waals surface area contributed by atoms with Gasteiger partial charge in [-0.05, 0) is 107 Å². The van der Waals surface area contributed by atoms with E-state index in [9.17, 15) is 8.78 Å². The number of ether oxygens (including phenoxy) is 4. The maximum absolute atomic E-state index is 13.0. The van der Waals surface area contributed by atoms with E-state index in [0.717, 1.165) is 54.7 Å². The monoisotopic (exact) mass is 767 g/mol. The van der Waals surface area contributed by atoms with Crippen LogP contribution in [-0.4, -0.2) is 24.8 Å². The topological polar surface area (TPSA) is 49.8 Å². The molecule has 0 aliphatic carbocycles. The summed E-state index contributed by atoms with van der Waals surface area (Å²) in [5, 5.41) is 0. The Balaban J connectivity index is 0.000000228. The highest BCUT2D eigenvalue weighted by atomic mass is 19.1. The minimum absolute atomic E-state index is 0.0841. The molecule has 5 aromatic rings. The van der Waals surface area contributed by atoms with Gasteiger partial charge in [0.25, 0.3) is 0 Å². The first-order valence-corrected chi connectivity index (χ1v) is 19.6. The molecule has 0 radical (unpaired) electrons. The molecule has 1 heterocycles. The van der Waals surface area contributed by atoms with Crippen molar-refractivity contribution in [1.82, 2.24) is 4.98 Å². The van der Waals surface area contributed by atoms with Gasteiger partial charge in [0.05, 0.1) is 6.61 Å². The van der Waals surface area contributed by atoms with Crippen molar-refractivity contribution in [2.24, 2.45) is 22.7 Å². The van der Waals surface area contributed by atoms with Gasteiger partial charge in [0.15, 0.2) is 0 Å². The predicted molar refractivity (Wildman–Crippen MR) is 226 cm³/mol. The first-order valence-electron chi connectivity index (χ1n) is 19.6. The summed E-state index contributed by atoms with van der Waals surface area (Å²) in [4.78, 5) is 3.49. The third kappa shape index (κ3) is 20.1. The maximum atomic E-state index is 13.0. The Morgan fingerprint density at radius 1 is 0.518 bits per heavy atom. The summed E-state index contributed by atoms with van der Waals surface area (Å²) in [6.07, 6.45) is 3.05. The molecule has 302 valence electrons.